The van der Waals surface area contributed by atoms with Gasteiger partial charge in [0.05, 0.1) is 5.69 Å². The number of piperazine rings is 1. The zero-order valence-electron chi connectivity index (χ0n) is 9.68. The van der Waals surface area contributed by atoms with Crippen LogP contribution in [0.25, 0.3) is 0 Å². The molecular weight excluding hydrogens is 224 g/mol. The van der Waals surface area contributed by atoms with E-state index in [1.807, 2.05) is 4.90 Å². The Bertz CT molecular complexity index is 390. The van der Waals surface area contributed by atoms with Crippen molar-refractivity contribution in [2.75, 3.05) is 37.6 Å². The summed E-state index contributed by atoms with van der Waals surface area (Å²) in [6.07, 6.45) is 0.366. The Morgan fingerprint density at radius 2 is 1.88 bits per heavy atom. The Kier molecular flexibility index (Phi) is 3.91. The highest BCUT2D eigenvalue weighted by atomic mass is 19.2. The number of anilines is 1. The largest absolute Gasteiger partial charge is 0.367 e. The highest BCUT2D eigenvalue weighted by molar-refractivity contribution is 5.50. The lowest BCUT2D eigenvalue weighted by Gasteiger charge is -2.30. The zero-order valence-corrected chi connectivity index (χ0v) is 9.68. The van der Waals surface area contributed by atoms with E-state index in [4.69, 9.17) is 5.73 Å². The Morgan fingerprint density at radius 3 is 2.53 bits per heavy atom. The minimum atomic E-state index is -0.758. The number of nitrogens with one attached hydrogen (secondary N) is 1. The maximum atomic E-state index is 13.9. The molecule has 0 aromatic heterocycles. The van der Waals surface area contributed by atoms with Gasteiger partial charge >= 0.3 is 0 Å². The second kappa shape index (κ2) is 5.42. The lowest BCUT2D eigenvalue weighted by molar-refractivity contribution is 0.491. The number of hydrogen-bond acceptors (Lipinski definition) is 3. The first kappa shape index (κ1) is 12.3. The van der Waals surface area contributed by atoms with Gasteiger partial charge in [0.15, 0.2) is 11.6 Å². The van der Waals surface area contributed by atoms with E-state index in [1.54, 1.807) is 12.1 Å². The molecule has 0 atom stereocenters. The smallest absolute Gasteiger partial charge is 0.182 e. The number of rotatable bonds is 3. The van der Waals surface area contributed by atoms with Gasteiger partial charge in [-0.3, -0.25) is 0 Å². The monoisotopic (exact) mass is 241 g/mol. The van der Waals surface area contributed by atoms with Crippen molar-refractivity contribution in [3.63, 3.8) is 0 Å². The molecule has 0 aliphatic carbocycles. The molecule has 1 saturated heterocycles. The molecule has 5 heteroatoms. The van der Waals surface area contributed by atoms with Crippen LogP contribution in [0.2, 0.25) is 0 Å². The van der Waals surface area contributed by atoms with Crippen molar-refractivity contribution in [3.05, 3.63) is 29.3 Å². The fourth-order valence-corrected chi connectivity index (χ4v) is 2.08. The third-order valence-corrected chi connectivity index (χ3v) is 3.01. The van der Waals surface area contributed by atoms with Crippen LogP contribution in [-0.4, -0.2) is 32.7 Å². The van der Waals surface area contributed by atoms with E-state index in [1.165, 1.54) is 0 Å². The summed E-state index contributed by atoms with van der Waals surface area (Å²) < 4.78 is 27.6. The van der Waals surface area contributed by atoms with Crippen molar-refractivity contribution in [2.24, 2.45) is 5.73 Å². The number of nitrogens with two attached hydrogens (primary N) is 1. The second-order valence-electron chi connectivity index (χ2n) is 4.15. The Hall–Kier alpha value is -1.20. The highest BCUT2D eigenvalue weighted by Gasteiger charge is 2.19. The summed E-state index contributed by atoms with van der Waals surface area (Å²) in [5.41, 5.74) is 6.06. The quantitative estimate of drug-likeness (QED) is 0.825. The molecule has 0 unspecified atom stereocenters. The van der Waals surface area contributed by atoms with Crippen molar-refractivity contribution in [1.82, 2.24) is 5.32 Å². The molecule has 1 heterocycles. The number of benzene rings is 1. The van der Waals surface area contributed by atoms with Crippen LogP contribution in [0.3, 0.4) is 0 Å². The van der Waals surface area contributed by atoms with Gasteiger partial charge in [0.25, 0.3) is 0 Å². The first-order chi connectivity index (χ1) is 8.24. The maximum Gasteiger partial charge on any atom is 0.182 e. The molecule has 3 nitrogen and oxygen atoms in total. The van der Waals surface area contributed by atoms with Gasteiger partial charge in [-0.25, -0.2) is 8.78 Å². The lowest BCUT2D eigenvalue weighted by atomic mass is 10.1. The van der Waals surface area contributed by atoms with Crippen LogP contribution in [0.15, 0.2) is 12.1 Å². The van der Waals surface area contributed by atoms with E-state index in [0.717, 1.165) is 13.1 Å². The van der Waals surface area contributed by atoms with Crippen LogP contribution in [0.5, 0.6) is 0 Å². The van der Waals surface area contributed by atoms with Crippen LogP contribution >= 0.6 is 0 Å². The molecule has 17 heavy (non-hydrogen) atoms. The predicted octanol–water partition coefficient (Wildman–Crippen LogP) is 0.876. The SMILES string of the molecule is NCCc1ccc(N2CCNCC2)c(F)c1F. The van der Waals surface area contributed by atoms with Gasteiger partial charge in [0, 0.05) is 26.2 Å². The summed E-state index contributed by atoms with van der Waals surface area (Å²) >= 11 is 0. The van der Waals surface area contributed by atoms with Crippen LogP contribution in [0.1, 0.15) is 5.56 Å². The van der Waals surface area contributed by atoms with Crippen molar-refractivity contribution >= 4 is 5.69 Å². The van der Waals surface area contributed by atoms with Gasteiger partial charge < -0.3 is 16.0 Å². The van der Waals surface area contributed by atoms with E-state index in [0.29, 0.717) is 37.3 Å². The van der Waals surface area contributed by atoms with Crippen molar-refractivity contribution in [3.8, 4) is 0 Å². The summed E-state index contributed by atoms with van der Waals surface area (Å²) in [6, 6.07) is 3.28. The van der Waals surface area contributed by atoms with E-state index < -0.39 is 11.6 Å². The van der Waals surface area contributed by atoms with Crippen LogP contribution < -0.4 is 16.0 Å². The normalized spacial score (nSPS) is 16.3. The van der Waals surface area contributed by atoms with E-state index >= 15 is 0 Å². The zero-order chi connectivity index (χ0) is 12.3. The highest BCUT2D eigenvalue weighted by Crippen LogP contribution is 2.24. The van der Waals surface area contributed by atoms with Gasteiger partial charge in [-0.05, 0) is 24.6 Å². The number of nitrogens with zero attached hydrogens (tertiary/aromatic N) is 1. The van der Waals surface area contributed by atoms with Gasteiger partial charge in [-0.2, -0.15) is 0 Å². The number of halogens is 2. The summed E-state index contributed by atoms with van der Waals surface area (Å²) in [7, 11) is 0. The average molecular weight is 241 g/mol. The fraction of sp³-hybridized carbons (Fsp3) is 0.500. The van der Waals surface area contributed by atoms with Crippen molar-refractivity contribution < 1.29 is 8.78 Å². The average Bonchev–Trinajstić information content (AvgIpc) is 2.36. The topological polar surface area (TPSA) is 41.3 Å². The standard InChI is InChI=1S/C12H17F2N3/c13-11-9(3-4-15)1-2-10(12(11)14)17-7-5-16-6-8-17/h1-2,16H,3-8,15H2. The minimum absolute atomic E-state index is 0.323. The van der Waals surface area contributed by atoms with E-state index in [9.17, 15) is 8.78 Å². The molecule has 1 aliphatic rings. The molecule has 0 spiro atoms. The summed E-state index contributed by atoms with van der Waals surface area (Å²) in [4.78, 5) is 1.86. The van der Waals surface area contributed by atoms with E-state index in [2.05, 4.69) is 5.32 Å². The molecule has 1 fully saturated rings. The molecule has 2 rings (SSSR count). The molecule has 1 aromatic carbocycles. The van der Waals surface area contributed by atoms with Gasteiger partial charge in [-0.1, -0.05) is 6.07 Å². The van der Waals surface area contributed by atoms with E-state index in [-0.39, 0.29) is 0 Å². The van der Waals surface area contributed by atoms with Crippen molar-refractivity contribution in [2.45, 2.75) is 6.42 Å². The Balaban J connectivity index is 2.26. The molecule has 0 radical (unpaired) electrons. The second-order valence-corrected chi connectivity index (χ2v) is 4.15. The van der Waals surface area contributed by atoms with Crippen LogP contribution in [-0.2, 0) is 6.42 Å². The molecule has 1 aliphatic heterocycles. The predicted molar refractivity (Wildman–Crippen MR) is 64.2 cm³/mol. The first-order valence-electron chi connectivity index (χ1n) is 5.86. The fourth-order valence-electron chi connectivity index (χ4n) is 2.08. The summed E-state index contributed by atoms with van der Waals surface area (Å²) in [5, 5.41) is 3.18. The summed E-state index contributed by atoms with van der Waals surface area (Å²) in [6.45, 7) is 3.32. The third kappa shape index (κ3) is 2.56. The first-order valence-corrected chi connectivity index (χ1v) is 5.86. The van der Waals surface area contributed by atoms with Crippen LogP contribution in [0, 0.1) is 11.6 Å². The molecule has 3 N–H and O–H groups in total. The molecule has 94 valence electrons. The molecule has 0 amide bonds. The maximum absolute atomic E-state index is 13.9. The molecule has 1 aromatic rings. The van der Waals surface area contributed by atoms with Gasteiger partial charge in [0.2, 0.25) is 0 Å². The molecule has 0 saturated carbocycles. The van der Waals surface area contributed by atoms with Crippen molar-refractivity contribution in [1.29, 1.82) is 0 Å². The van der Waals surface area contributed by atoms with Gasteiger partial charge in [-0.15, -0.1) is 0 Å². The number of hydrogen-bond donors (Lipinski definition) is 2. The summed E-state index contributed by atoms with van der Waals surface area (Å²) in [5.74, 6) is -1.51. The molecule has 0 bridgehead atoms. The van der Waals surface area contributed by atoms with Gasteiger partial charge in [0.1, 0.15) is 0 Å². The molecular formula is C12H17F2N3. The lowest BCUT2D eigenvalue weighted by Crippen LogP contribution is -2.44. The third-order valence-electron chi connectivity index (χ3n) is 3.01. The Labute approximate surface area is 99.6 Å². The Morgan fingerprint density at radius 1 is 1.18 bits per heavy atom. The van der Waals surface area contributed by atoms with Crippen LogP contribution in [0.4, 0.5) is 14.5 Å². The minimum Gasteiger partial charge on any atom is -0.367 e.